The van der Waals surface area contributed by atoms with Gasteiger partial charge in [-0.2, -0.15) is 23.4 Å². The van der Waals surface area contributed by atoms with E-state index in [0.29, 0.717) is 35.9 Å². The summed E-state index contributed by atoms with van der Waals surface area (Å²) < 4.78 is 50.4. The van der Waals surface area contributed by atoms with Crippen molar-refractivity contribution in [3.05, 3.63) is 41.1 Å². The Hall–Kier alpha value is -2.23. The summed E-state index contributed by atoms with van der Waals surface area (Å²) in [4.78, 5) is 2.32. The van der Waals surface area contributed by atoms with E-state index in [-0.39, 0.29) is 12.5 Å². The Labute approximate surface area is 180 Å². The van der Waals surface area contributed by atoms with Gasteiger partial charge in [0.2, 0.25) is 0 Å². The van der Waals surface area contributed by atoms with Gasteiger partial charge in [0.1, 0.15) is 5.75 Å². The average molecular weight is 438 g/mol. The van der Waals surface area contributed by atoms with Gasteiger partial charge in [-0.25, -0.2) is 0 Å². The summed E-state index contributed by atoms with van der Waals surface area (Å²) in [6.07, 6.45) is -3.28. The van der Waals surface area contributed by atoms with Crippen molar-refractivity contribution in [2.75, 3.05) is 40.1 Å². The van der Waals surface area contributed by atoms with Crippen molar-refractivity contribution in [1.82, 2.24) is 20.4 Å². The van der Waals surface area contributed by atoms with Gasteiger partial charge in [-0.3, -0.25) is 0 Å². The van der Waals surface area contributed by atoms with Crippen LogP contribution in [0.25, 0.3) is 11.3 Å². The maximum atomic E-state index is 13.3. The van der Waals surface area contributed by atoms with Crippen molar-refractivity contribution in [1.29, 1.82) is 0 Å². The number of nitrogens with zero attached hydrogens (tertiary/aromatic N) is 3. The second kappa shape index (κ2) is 10.4. The molecule has 1 aliphatic heterocycles. The fourth-order valence-corrected chi connectivity index (χ4v) is 3.73. The molecule has 170 valence electrons. The van der Waals surface area contributed by atoms with Crippen LogP contribution in [0.5, 0.6) is 5.75 Å². The van der Waals surface area contributed by atoms with Crippen LogP contribution in [0.4, 0.5) is 13.2 Å². The highest BCUT2D eigenvalue weighted by Gasteiger charge is 2.32. The first-order chi connectivity index (χ1) is 14.8. The zero-order valence-corrected chi connectivity index (χ0v) is 18.1. The minimum atomic E-state index is -4.47. The van der Waals surface area contributed by atoms with Gasteiger partial charge in [-0.05, 0) is 76.2 Å². The topological polar surface area (TPSA) is 59.5 Å². The van der Waals surface area contributed by atoms with Gasteiger partial charge < -0.3 is 19.7 Å². The number of nitrogens with one attached hydrogen (secondary N) is 1. The number of halogens is 3. The summed E-state index contributed by atoms with van der Waals surface area (Å²) in [5.41, 5.74) is 1.35. The molecule has 1 saturated heterocycles. The van der Waals surface area contributed by atoms with Gasteiger partial charge in [0, 0.05) is 25.3 Å². The van der Waals surface area contributed by atoms with E-state index in [1.54, 1.807) is 19.9 Å². The zero-order chi connectivity index (χ0) is 22.4. The molecule has 0 bridgehead atoms. The molecule has 1 aromatic heterocycles. The zero-order valence-electron chi connectivity index (χ0n) is 18.1. The van der Waals surface area contributed by atoms with Crippen molar-refractivity contribution in [3.8, 4) is 17.0 Å². The highest BCUT2D eigenvalue weighted by molar-refractivity contribution is 5.71. The fraction of sp³-hybridized carbons (Fsp3) is 0.545. The molecule has 1 aliphatic rings. The van der Waals surface area contributed by atoms with Crippen LogP contribution in [-0.4, -0.2) is 55.2 Å². The standard InChI is InChI=1S/C22H29F3N4O2/c1-4-30-14-31-20-10-17(22(23,24)25)9-15(2)21(20)19-6-5-18(27-28-19)12-26-11-16-7-8-29(3)13-16/h5-6,9-10,16,26H,4,7-8,11-14H2,1-3H3. The first-order valence-corrected chi connectivity index (χ1v) is 10.4. The number of aryl methyl sites for hydroxylation is 1. The predicted octanol–water partition coefficient (Wildman–Crippen LogP) is 3.88. The smallest absolute Gasteiger partial charge is 0.416 e. The number of likely N-dealkylation sites (tertiary alicyclic amines) is 1. The van der Waals surface area contributed by atoms with Gasteiger partial charge in [-0.1, -0.05) is 0 Å². The van der Waals surface area contributed by atoms with Crippen LogP contribution in [0.3, 0.4) is 0 Å². The fourth-order valence-electron chi connectivity index (χ4n) is 3.73. The molecule has 0 saturated carbocycles. The number of benzene rings is 1. The minimum Gasteiger partial charge on any atom is -0.467 e. The molecule has 1 N–H and O–H groups in total. The molecule has 2 heterocycles. The summed E-state index contributed by atoms with van der Waals surface area (Å²) in [6, 6.07) is 5.67. The number of ether oxygens (including phenoxy) is 2. The molecule has 31 heavy (non-hydrogen) atoms. The molecular formula is C22H29F3N4O2. The third-order valence-electron chi connectivity index (χ3n) is 5.33. The molecule has 2 aromatic rings. The lowest BCUT2D eigenvalue weighted by Crippen LogP contribution is -2.25. The molecule has 6 nitrogen and oxygen atoms in total. The van der Waals surface area contributed by atoms with Gasteiger partial charge in [-0.15, -0.1) is 0 Å². The molecule has 0 radical (unpaired) electrons. The van der Waals surface area contributed by atoms with E-state index in [4.69, 9.17) is 9.47 Å². The highest BCUT2D eigenvalue weighted by atomic mass is 19.4. The lowest BCUT2D eigenvalue weighted by atomic mass is 10.0. The molecule has 1 unspecified atom stereocenters. The van der Waals surface area contributed by atoms with E-state index in [1.165, 1.54) is 6.42 Å². The first-order valence-electron chi connectivity index (χ1n) is 10.4. The second-order valence-electron chi connectivity index (χ2n) is 7.88. The Morgan fingerprint density at radius 3 is 2.65 bits per heavy atom. The van der Waals surface area contributed by atoms with Crippen LogP contribution < -0.4 is 10.1 Å². The largest absolute Gasteiger partial charge is 0.467 e. The molecule has 0 spiro atoms. The number of alkyl halides is 3. The van der Waals surface area contributed by atoms with Crippen molar-refractivity contribution < 1.29 is 22.6 Å². The Morgan fingerprint density at radius 2 is 2.03 bits per heavy atom. The van der Waals surface area contributed by atoms with Crippen molar-refractivity contribution in [3.63, 3.8) is 0 Å². The minimum absolute atomic E-state index is 0.0753. The lowest BCUT2D eigenvalue weighted by molar-refractivity contribution is -0.137. The van der Waals surface area contributed by atoms with Crippen LogP contribution in [0.15, 0.2) is 24.3 Å². The third kappa shape index (κ3) is 6.38. The Bertz CT molecular complexity index is 859. The molecule has 1 aromatic carbocycles. The van der Waals surface area contributed by atoms with E-state index < -0.39 is 11.7 Å². The molecule has 3 rings (SSSR count). The van der Waals surface area contributed by atoms with Crippen LogP contribution in [0.1, 0.15) is 30.2 Å². The summed E-state index contributed by atoms with van der Waals surface area (Å²) in [7, 11) is 2.12. The van der Waals surface area contributed by atoms with Crippen LogP contribution in [0.2, 0.25) is 0 Å². The SMILES string of the molecule is CCOCOc1cc(C(F)(F)F)cc(C)c1-c1ccc(CNCC2CCN(C)C2)nn1. The number of aromatic nitrogens is 2. The summed E-state index contributed by atoms with van der Waals surface area (Å²) in [5.74, 6) is 0.711. The Kier molecular flexibility index (Phi) is 7.85. The Balaban J connectivity index is 1.74. The normalized spacial score (nSPS) is 17.3. The number of hydrogen-bond donors (Lipinski definition) is 1. The van der Waals surface area contributed by atoms with Crippen LogP contribution in [0, 0.1) is 12.8 Å². The van der Waals surface area contributed by atoms with E-state index in [9.17, 15) is 13.2 Å². The van der Waals surface area contributed by atoms with E-state index in [1.807, 2.05) is 6.07 Å². The second-order valence-corrected chi connectivity index (χ2v) is 7.88. The third-order valence-corrected chi connectivity index (χ3v) is 5.33. The van der Waals surface area contributed by atoms with E-state index >= 15 is 0 Å². The quantitative estimate of drug-likeness (QED) is 0.474. The number of hydrogen-bond acceptors (Lipinski definition) is 6. The van der Waals surface area contributed by atoms with E-state index in [0.717, 1.165) is 37.5 Å². The maximum absolute atomic E-state index is 13.3. The molecule has 1 fully saturated rings. The lowest BCUT2D eigenvalue weighted by Gasteiger charge is -2.17. The monoisotopic (exact) mass is 438 g/mol. The summed E-state index contributed by atoms with van der Waals surface area (Å²) in [6.45, 7) is 7.37. The Morgan fingerprint density at radius 1 is 1.23 bits per heavy atom. The van der Waals surface area contributed by atoms with Crippen molar-refractivity contribution >= 4 is 0 Å². The van der Waals surface area contributed by atoms with Crippen LogP contribution >= 0.6 is 0 Å². The van der Waals surface area contributed by atoms with Gasteiger partial charge in [0.05, 0.1) is 17.0 Å². The maximum Gasteiger partial charge on any atom is 0.416 e. The van der Waals surface area contributed by atoms with Crippen LogP contribution in [-0.2, 0) is 17.5 Å². The molecular weight excluding hydrogens is 409 g/mol. The van der Waals surface area contributed by atoms with Gasteiger partial charge in [0.25, 0.3) is 0 Å². The van der Waals surface area contributed by atoms with Crippen molar-refractivity contribution in [2.45, 2.75) is 33.0 Å². The summed E-state index contributed by atoms with van der Waals surface area (Å²) in [5, 5.41) is 11.9. The molecule has 0 amide bonds. The average Bonchev–Trinajstić information content (AvgIpc) is 3.13. The molecule has 0 aliphatic carbocycles. The predicted molar refractivity (Wildman–Crippen MR) is 112 cm³/mol. The molecule has 9 heteroatoms. The summed E-state index contributed by atoms with van der Waals surface area (Å²) >= 11 is 0. The molecule has 1 atom stereocenters. The van der Waals surface area contributed by atoms with Gasteiger partial charge >= 0.3 is 6.18 Å². The van der Waals surface area contributed by atoms with E-state index in [2.05, 4.69) is 27.5 Å². The van der Waals surface area contributed by atoms with Gasteiger partial charge in [0.15, 0.2) is 6.79 Å². The number of rotatable bonds is 9. The first kappa shape index (κ1) is 23.4. The highest BCUT2D eigenvalue weighted by Crippen LogP contribution is 2.39. The van der Waals surface area contributed by atoms with Crippen molar-refractivity contribution in [2.24, 2.45) is 5.92 Å².